The smallest absolute Gasteiger partial charge is 0.187 e. The van der Waals surface area contributed by atoms with E-state index in [0.717, 1.165) is 0 Å². The highest BCUT2D eigenvalue weighted by molar-refractivity contribution is 5.80. The number of hydrogen-bond donors (Lipinski definition) is 2. The van der Waals surface area contributed by atoms with Crippen LogP contribution < -0.4 is 10.6 Å². The van der Waals surface area contributed by atoms with Crippen LogP contribution >= 0.6 is 0 Å². The Labute approximate surface area is 112 Å². The number of hydrogen-bond acceptors (Lipinski definition) is 5. The van der Waals surface area contributed by atoms with Gasteiger partial charge in [0.2, 0.25) is 0 Å². The third-order valence-corrected chi connectivity index (χ3v) is 2.81. The van der Waals surface area contributed by atoms with Crippen LogP contribution in [0.4, 0.5) is 10.2 Å². The van der Waals surface area contributed by atoms with Gasteiger partial charge in [-0.15, -0.1) is 0 Å². The maximum absolute atomic E-state index is 14.2. The highest BCUT2D eigenvalue weighted by Gasteiger charge is 2.19. The first-order valence-corrected chi connectivity index (χ1v) is 6.23. The van der Waals surface area contributed by atoms with Crippen LogP contribution in [0.2, 0.25) is 0 Å². The van der Waals surface area contributed by atoms with Crippen LogP contribution in [-0.4, -0.2) is 33.6 Å². The first kappa shape index (κ1) is 15.1. The summed E-state index contributed by atoms with van der Waals surface area (Å²) < 4.78 is 14.2. The van der Waals surface area contributed by atoms with Crippen molar-refractivity contribution in [2.24, 2.45) is 10.9 Å². The second kappa shape index (κ2) is 6.86. The lowest BCUT2D eigenvalue weighted by Crippen LogP contribution is -2.35. The van der Waals surface area contributed by atoms with Gasteiger partial charge in [0.05, 0.1) is 5.69 Å². The number of oxime groups is 1. The standard InChI is InChI=1S/C12H20FN5O/c1-4-9-11(13)12(16-7-15-9)18(8(2)3)6-5-10(14)17-19/h7-8,19H,4-6H2,1-3H3,(H2,14,17). The van der Waals surface area contributed by atoms with Crippen molar-refractivity contribution >= 4 is 11.7 Å². The van der Waals surface area contributed by atoms with E-state index in [4.69, 9.17) is 10.9 Å². The number of anilines is 1. The van der Waals surface area contributed by atoms with Crippen LogP contribution in [0, 0.1) is 5.82 Å². The van der Waals surface area contributed by atoms with Crippen molar-refractivity contribution in [2.45, 2.75) is 39.7 Å². The summed E-state index contributed by atoms with van der Waals surface area (Å²) in [5, 5.41) is 11.4. The topological polar surface area (TPSA) is 87.6 Å². The molecule has 0 radical (unpaired) electrons. The first-order chi connectivity index (χ1) is 9.01. The van der Waals surface area contributed by atoms with E-state index in [-0.39, 0.29) is 17.7 Å². The molecule has 0 amide bonds. The minimum atomic E-state index is -0.404. The van der Waals surface area contributed by atoms with Crippen molar-refractivity contribution in [2.75, 3.05) is 11.4 Å². The molecule has 1 rings (SSSR count). The predicted molar refractivity (Wildman–Crippen MR) is 71.9 cm³/mol. The van der Waals surface area contributed by atoms with Crippen molar-refractivity contribution < 1.29 is 9.60 Å². The van der Waals surface area contributed by atoms with Gasteiger partial charge in [0.1, 0.15) is 12.2 Å². The molecule has 19 heavy (non-hydrogen) atoms. The van der Waals surface area contributed by atoms with Crippen LogP contribution in [0.3, 0.4) is 0 Å². The van der Waals surface area contributed by atoms with Gasteiger partial charge in [-0.05, 0) is 20.3 Å². The Morgan fingerprint density at radius 2 is 2.21 bits per heavy atom. The molecule has 0 spiro atoms. The SMILES string of the molecule is CCc1ncnc(N(CCC(N)=NO)C(C)C)c1F. The van der Waals surface area contributed by atoms with E-state index < -0.39 is 5.82 Å². The van der Waals surface area contributed by atoms with Gasteiger partial charge in [-0.25, -0.2) is 14.4 Å². The van der Waals surface area contributed by atoms with Crippen molar-refractivity contribution in [1.82, 2.24) is 9.97 Å². The van der Waals surface area contributed by atoms with E-state index in [9.17, 15) is 4.39 Å². The molecule has 0 aliphatic heterocycles. The largest absolute Gasteiger partial charge is 0.409 e. The highest BCUT2D eigenvalue weighted by Crippen LogP contribution is 2.20. The summed E-state index contributed by atoms with van der Waals surface area (Å²) in [6.07, 6.45) is 2.20. The molecule has 0 aromatic carbocycles. The monoisotopic (exact) mass is 269 g/mol. The molecule has 1 aromatic heterocycles. The molecule has 1 aromatic rings. The van der Waals surface area contributed by atoms with Crippen molar-refractivity contribution in [1.29, 1.82) is 0 Å². The molecule has 0 unspecified atom stereocenters. The molecule has 1 heterocycles. The van der Waals surface area contributed by atoms with Gasteiger partial charge in [0, 0.05) is 19.0 Å². The van der Waals surface area contributed by atoms with Gasteiger partial charge in [0.15, 0.2) is 11.6 Å². The summed E-state index contributed by atoms with van der Waals surface area (Å²) in [6.45, 7) is 6.12. The lowest BCUT2D eigenvalue weighted by atomic mass is 10.2. The Bertz CT molecular complexity index is 450. The molecule has 0 fully saturated rings. The van der Waals surface area contributed by atoms with Gasteiger partial charge < -0.3 is 15.8 Å². The Morgan fingerprint density at radius 1 is 1.53 bits per heavy atom. The summed E-state index contributed by atoms with van der Waals surface area (Å²) in [7, 11) is 0. The highest BCUT2D eigenvalue weighted by atomic mass is 19.1. The van der Waals surface area contributed by atoms with E-state index in [1.54, 1.807) is 4.90 Å². The number of nitrogens with zero attached hydrogens (tertiary/aromatic N) is 4. The Balaban J connectivity index is 2.99. The summed E-state index contributed by atoms with van der Waals surface area (Å²) in [5.41, 5.74) is 5.83. The average molecular weight is 269 g/mol. The third-order valence-electron chi connectivity index (χ3n) is 2.81. The predicted octanol–water partition coefficient (Wildman–Crippen LogP) is 1.53. The second-order valence-electron chi connectivity index (χ2n) is 4.44. The maximum atomic E-state index is 14.2. The number of nitrogens with two attached hydrogens (primary N) is 1. The summed E-state index contributed by atoms with van der Waals surface area (Å²) in [6, 6.07) is 0.0422. The summed E-state index contributed by atoms with van der Waals surface area (Å²) >= 11 is 0. The normalized spacial score (nSPS) is 11.9. The molecule has 106 valence electrons. The van der Waals surface area contributed by atoms with Crippen LogP contribution in [0.15, 0.2) is 11.5 Å². The Morgan fingerprint density at radius 3 is 2.74 bits per heavy atom. The van der Waals surface area contributed by atoms with Crippen LogP contribution in [0.25, 0.3) is 0 Å². The quantitative estimate of drug-likeness (QED) is 0.354. The van der Waals surface area contributed by atoms with Crippen molar-refractivity contribution in [3.63, 3.8) is 0 Å². The number of aryl methyl sites for hydroxylation is 1. The van der Waals surface area contributed by atoms with Crippen LogP contribution in [0.1, 0.15) is 32.9 Å². The fourth-order valence-electron chi connectivity index (χ4n) is 1.74. The molecule has 0 aliphatic rings. The summed E-state index contributed by atoms with van der Waals surface area (Å²) in [4.78, 5) is 9.69. The average Bonchev–Trinajstić information content (AvgIpc) is 2.40. The zero-order valence-electron chi connectivity index (χ0n) is 11.5. The number of rotatable bonds is 6. The number of aromatic nitrogens is 2. The fourth-order valence-corrected chi connectivity index (χ4v) is 1.74. The molecule has 0 bridgehead atoms. The molecule has 6 nitrogen and oxygen atoms in total. The Hall–Kier alpha value is -1.92. The zero-order valence-corrected chi connectivity index (χ0v) is 11.5. The molecular formula is C12H20FN5O. The molecule has 7 heteroatoms. The van der Waals surface area contributed by atoms with Crippen molar-refractivity contribution in [3.8, 4) is 0 Å². The molecule has 0 atom stereocenters. The third kappa shape index (κ3) is 3.77. The summed E-state index contributed by atoms with van der Waals surface area (Å²) in [5.74, 6) is -0.0402. The number of halogens is 1. The van der Waals surface area contributed by atoms with Gasteiger partial charge in [0.25, 0.3) is 0 Å². The van der Waals surface area contributed by atoms with E-state index in [2.05, 4.69) is 15.1 Å². The maximum Gasteiger partial charge on any atom is 0.187 e. The van der Waals surface area contributed by atoms with E-state index >= 15 is 0 Å². The molecule has 3 N–H and O–H groups in total. The van der Waals surface area contributed by atoms with E-state index in [1.165, 1.54) is 6.33 Å². The van der Waals surface area contributed by atoms with Gasteiger partial charge in [-0.3, -0.25) is 0 Å². The molecule has 0 saturated carbocycles. The number of amidine groups is 1. The van der Waals surface area contributed by atoms with Gasteiger partial charge >= 0.3 is 0 Å². The van der Waals surface area contributed by atoms with Crippen LogP contribution in [0.5, 0.6) is 0 Å². The Kier molecular flexibility index (Phi) is 5.47. The lowest BCUT2D eigenvalue weighted by molar-refractivity contribution is 0.317. The van der Waals surface area contributed by atoms with Crippen molar-refractivity contribution in [3.05, 3.63) is 17.8 Å². The van der Waals surface area contributed by atoms with E-state index in [0.29, 0.717) is 25.1 Å². The second-order valence-corrected chi connectivity index (χ2v) is 4.44. The molecule has 0 aliphatic carbocycles. The van der Waals surface area contributed by atoms with E-state index in [1.807, 2.05) is 20.8 Å². The molecular weight excluding hydrogens is 249 g/mol. The zero-order chi connectivity index (χ0) is 14.4. The lowest BCUT2D eigenvalue weighted by Gasteiger charge is -2.28. The first-order valence-electron chi connectivity index (χ1n) is 6.23. The van der Waals surface area contributed by atoms with Gasteiger partial charge in [-0.2, -0.15) is 0 Å². The van der Waals surface area contributed by atoms with Gasteiger partial charge in [-0.1, -0.05) is 12.1 Å². The minimum Gasteiger partial charge on any atom is -0.409 e. The fraction of sp³-hybridized carbons (Fsp3) is 0.583. The molecule has 0 saturated heterocycles. The van der Waals surface area contributed by atoms with Crippen LogP contribution in [-0.2, 0) is 6.42 Å². The minimum absolute atomic E-state index is 0.0422.